The fourth-order valence-electron chi connectivity index (χ4n) is 5.87. The molecule has 0 spiro atoms. The number of rotatable bonds is 10. The van der Waals surface area contributed by atoms with Gasteiger partial charge in [0.15, 0.2) is 11.9 Å². The molecule has 43 heavy (non-hydrogen) atoms. The van der Waals surface area contributed by atoms with Gasteiger partial charge in [-0.25, -0.2) is 14.8 Å². The van der Waals surface area contributed by atoms with Crippen LogP contribution in [-0.4, -0.2) is 78.4 Å². The summed E-state index contributed by atoms with van der Waals surface area (Å²) in [7, 11) is 1.61. The smallest absolute Gasteiger partial charge is 0.410 e. The van der Waals surface area contributed by atoms with Gasteiger partial charge in [-0.05, 0) is 67.3 Å². The van der Waals surface area contributed by atoms with Gasteiger partial charge in [0.2, 0.25) is 0 Å². The molecule has 0 radical (unpaired) electrons. The van der Waals surface area contributed by atoms with E-state index < -0.39 is 5.60 Å². The van der Waals surface area contributed by atoms with Crippen LogP contribution >= 0.6 is 27.7 Å². The lowest BCUT2D eigenvalue weighted by molar-refractivity contribution is 0.0122. The van der Waals surface area contributed by atoms with E-state index in [0.29, 0.717) is 31.3 Å². The highest BCUT2D eigenvalue weighted by atomic mass is 79.9. The molecule has 3 aromatic rings. The Morgan fingerprint density at radius 2 is 1.91 bits per heavy atom. The van der Waals surface area contributed by atoms with Gasteiger partial charge in [0.1, 0.15) is 17.2 Å². The highest BCUT2D eigenvalue weighted by Crippen LogP contribution is 2.39. The molecule has 5 rings (SSSR count). The number of thioether (sulfide) groups is 1. The second-order valence-electron chi connectivity index (χ2n) is 11.9. The Morgan fingerprint density at radius 1 is 1.19 bits per heavy atom. The minimum atomic E-state index is -0.524. The van der Waals surface area contributed by atoms with Gasteiger partial charge in [-0.2, -0.15) is 0 Å². The summed E-state index contributed by atoms with van der Waals surface area (Å²) in [6.45, 7) is 12.5. The van der Waals surface area contributed by atoms with Gasteiger partial charge in [-0.3, -0.25) is 4.90 Å². The lowest BCUT2D eigenvalue weighted by Crippen LogP contribution is -2.57. The van der Waals surface area contributed by atoms with E-state index in [1.54, 1.807) is 7.11 Å². The van der Waals surface area contributed by atoms with Crippen molar-refractivity contribution < 1.29 is 19.0 Å². The molecule has 1 amide bonds. The van der Waals surface area contributed by atoms with Gasteiger partial charge in [0, 0.05) is 43.9 Å². The summed E-state index contributed by atoms with van der Waals surface area (Å²) < 4.78 is 17.6. The maximum absolute atomic E-state index is 13.0. The number of halogens is 1. The highest BCUT2D eigenvalue weighted by molar-refractivity contribution is 9.10. The Hall–Kier alpha value is -3.02. The van der Waals surface area contributed by atoms with Gasteiger partial charge in [0.05, 0.1) is 28.8 Å². The zero-order valence-electron chi connectivity index (χ0n) is 25.5. The van der Waals surface area contributed by atoms with Crippen LogP contribution in [0.1, 0.15) is 39.3 Å². The molecule has 2 aliphatic rings. The minimum absolute atomic E-state index is 0.0788. The van der Waals surface area contributed by atoms with E-state index in [-0.39, 0.29) is 25.0 Å². The number of anilines is 2. The fourth-order valence-corrected chi connectivity index (χ4v) is 6.81. The van der Waals surface area contributed by atoms with E-state index in [1.165, 1.54) is 11.8 Å². The number of methoxy groups -OCH3 is 1. The summed E-state index contributed by atoms with van der Waals surface area (Å²) >= 11 is 5.42. The molecule has 0 N–H and O–H groups in total. The SMILES string of the molecule is C=CCN(Cc1nc(SC)nc(N2C[C@H]3CC[C@@H](C2)N3C(=O)OC(C)(C)C)c1Br)c1cc(OCOC)cc2ccccc12. The van der Waals surface area contributed by atoms with Crippen molar-refractivity contribution in [2.24, 2.45) is 0 Å². The number of amides is 1. The van der Waals surface area contributed by atoms with Crippen molar-refractivity contribution in [2.75, 3.05) is 49.6 Å². The molecule has 2 aliphatic heterocycles. The Balaban J connectivity index is 1.46. The first-order chi connectivity index (χ1) is 20.6. The molecule has 2 atom stereocenters. The number of carbonyl (C=O) groups is 1. The summed E-state index contributed by atoms with van der Waals surface area (Å²) in [5, 5.41) is 2.89. The third-order valence-corrected chi connectivity index (χ3v) is 9.00. The molecule has 2 aromatic carbocycles. The summed E-state index contributed by atoms with van der Waals surface area (Å²) in [5.41, 5.74) is 1.38. The summed E-state index contributed by atoms with van der Waals surface area (Å²) in [6, 6.07) is 12.5. The number of nitrogens with zero attached hydrogens (tertiary/aromatic N) is 5. The zero-order valence-corrected chi connectivity index (χ0v) is 27.9. The third kappa shape index (κ3) is 7.05. The zero-order chi connectivity index (χ0) is 30.7. The molecule has 0 unspecified atom stereocenters. The molecule has 3 heterocycles. The number of hydrogen-bond donors (Lipinski definition) is 0. The normalized spacial score (nSPS) is 18.2. The van der Waals surface area contributed by atoms with E-state index >= 15 is 0 Å². The van der Waals surface area contributed by atoms with Crippen LogP contribution < -0.4 is 14.5 Å². The van der Waals surface area contributed by atoms with Crippen LogP contribution in [0.25, 0.3) is 10.8 Å². The molecular weight excluding hydrogens is 630 g/mol. The number of hydrogen-bond acceptors (Lipinski definition) is 9. The second-order valence-corrected chi connectivity index (χ2v) is 13.4. The van der Waals surface area contributed by atoms with Crippen molar-refractivity contribution >= 4 is 56.1 Å². The number of ether oxygens (including phenoxy) is 3. The standard InChI is InChI=1S/C32H40BrN5O4S/c1-7-14-36(27-16-24(41-20-40-5)15-21-10-8-9-11-25(21)27)19-26-28(33)29(35-30(34-26)43-6)37-17-22-12-13-23(18-37)38(22)31(39)42-32(2,3)4/h7-11,15-16,22-23H,1,12-14,17-20H2,2-6H3/t22-,23+. The summed E-state index contributed by atoms with van der Waals surface area (Å²) in [5.74, 6) is 1.59. The predicted octanol–water partition coefficient (Wildman–Crippen LogP) is 6.88. The monoisotopic (exact) mass is 669 g/mol. The highest BCUT2D eigenvalue weighted by Gasteiger charge is 2.45. The molecule has 0 saturated carbocycles. The molecule has 2 saturated heterocycles. The maximum Gasteiger partial charge on any atom is 0.410 e. The first kappa shape index (κ1) is 31.4. The predicted molar refractivity (Wildman–Crippen MR) is 176 cm³/mol. The van der Waals surface area contributed by atoms with Crippen molar-refractivity contribution in [1.82, 2.24) is 14.9 Å². The fraction of sp³-hybridized carbons (Fsp3) is 0.469. The van der Waals surface area contributed by atoms with E-state index in [1.807, 2.05) is 62.3 Å². The van der Waals surface area contributed by atoms with Crippen LogP contribution in [-0.2, 0) is 16.0 Å². The van der Waals surface area contributed by atoms with Gasteiger partial charge in [-0.15, -0.1) is 6.58 Å². The quantitative estimate of drug-likeness (QED) is 0.0993. The second kappa shape index (κ2) is 13.3. The largest absolute Gasteiger partial charge is 0.467 e. The summed E-state index contributed by atoms with van der Waals surface area (Å²) in [6.07, 6.45) is 5.57. The molecule has 2 bridgehead atoms. The van der Waals surface area contributed by atoms with Gasteiger partial charge in [-0.1, -0.05) is 42.1 Å². The maximum atomic E-state index is 13.0. The van der Waals surface area contributed by atoms with Crippen LogP contribution in [0, 0.1) is 0 Å². The topological polar surface area (TPSA) is 80.3 Å². The van der Waals surface area contributed by atoms with E-state index in [9.17, 15) is 4.79 Å². The van der Waals surface area contributed by atoms with E-state index in [0.717, 1.165) is 51.0 Å². The lowest BCUT2D eigenvalue weighted by Gasteiger charge is -2.42. The molecule has 11 heteroatoms. The average molecular weight is 671 g/mol. The Bertz CT molecular complexity index is 1470. The molecule has 2 fully saturated rings. The summed E-state index contributed by atoms with van der Waals surface area (Å²) in [4.78, 5) is 29.4. The van der Waals surface area contributed by atoms with Crippen molar-refractivity contribution in [3.8, 4) is 5.75 Å². The molecule has 0 aliphatic carbocycles. The van der Waals surface area contributed by atoms with Gasteiger partial charge < -0.3 is 24.0 Å². The van der Waals surface area contributed by atoms with Gasteiger partial charge in [0.25, 0.3) is 0 Å². The molecular formula is C32H40BrN5O4S. The molecule has 1 aromatic heterocycles. The molecule has 230 valence electrons. The van der Waals surface area contributed by atoms with Gasteiger partial charge >= 0.3 is 6.09 Å². The minimum Gasteiger partial charge on any atom is -0.467 e. The van der Waals surface area contributed by atoms with Crippen molar-refractivity contribution in [3.63, 3.8) is 0 Å². The number of aromatic nitrogens is 2. The van der Waals surface area contributed by atoms with E-state index in [2.05, 4.69) is 44.4 Å². The third-order valence-electron chi connectivity index (χ3n) is 7.64. The van der Waals surface area contributed by atoms with Crippen LogP contribution in [0.15, 0.2) is 58.7 Å². The first-order valence-corrected chi connectivity index (χ1v) is 16.5. The van der Waals surface area contributed by atoms with Crippen molar-refractivity contribution in [2.45, 2.75) is 63.0 Å². The molecule has 9 nitrogen and oxygen atoms in total. The number of benzene rings is 2. The Labute approximate surface area is 266 Å². The average Bonchev–Trinajstić information content (AvgIpc) is 3.25. The van der Waals surface area contributed by atoms with Crippen LogP contribution in [0.3, 0.4) is 0 Å². The van der Waals surface area contributed by atoms with E-state index in [4.69, 9.17) is 24.2 Å². The van der Waals surface area contributed by atoms with Crippen molar-refractivity contribution in [1.29, 1.82) is 0 Å². The number of piperazine rings is 1. The number of fused-ring (bicyclic) bond motifs is 3. The Kier molecular flexibility index (Phi) is 9.73. The first-order valence-electron chi connectivity index (χ1n) is 14.5. The van der Waals surface area contributed by atoms with Crippen LogP contribution in [0.5, 0.6) is 5.75 Å². The van der Waals surface area contributed by atoms with Crippen LogP contribution in [0.4, 0.5) is 16.3 Å². The number of carbonyl (C=O) groups excluding carboxylic acids is 1. The lowest BCUT2D eigenvalue weighted by atomic mass is 10.1. The van der Waals surface area contributed by atoms with Crippen LogP contribution in [0.2, 0.25) is 0 Å². The Morgan fingerprint density at radius 3 is 2.56 bits per heavy atom. The van der Waals surface area contributed by atoms with Crippen molar-refractivity contribution in [3.05, 3.63) is 59.2 Å².